The van der Waals surface area contributed by atoms with Crippen LogP contribution in [0.3, 0.4) is 0 Å². The summed E-state index contributed by atoms with van der Waals surface area (Å²) < 4.78 is 54.4. The van der Waals surface area contributed by atoms with Crippen LogP contribution in [0.25, 0.3) is 0 Å². The van der Waals surface area contributed by atoms with Gasteiger partial charge in [-0.2, -0.15) is 0 Å². The van der Waals surface area contributed by atoms with E-state index in [1.54, 1.807) is 32.9 Å². The summed E-state index contributed by atoms with van der Waals surface area (Å²) in [6.07, 6.45) is 1.63. The molecule has 0 fully saturated rings. The molecule has 0 saturated heterocycles. The van der Waals surface area contributed by atoms with Crippen molar-refractivity contribution in [2.24, 2.45) is 11.8 Å². The molecular weight excluding hydrogens is 551 g/mol. The van der Waals surface area contributed by atoms with E-state index in [0.29, 0.717) is 22.5 Å². The van der Waals surface area contributed by atoms with Crippen molar-refractivity contribution >= 4 is 55.3 Å². The van der Waals surface area contributed by atoms with E-state index in [2.05, 4.69) is 23.3 Å². The van der Waals surface area contributed by atoms with Gasteiger partial charge in [-0.3, -0.25) is 0 Å². The van der Waals surface area contributed by atoms with E-state index in [4.69, 9.17) is 0 Å². The Morgan fingerprint density at radius 3 is 1.68 bits per heavy atom. The Labute approximate surface area is 232 Å². The van der Waals surface area contributed by atoms with Gasteiger partial charge in [-0.25, -0.2) is 26.3 Å². The van der Waals surface area contributed by atoms with E-state index in [0.717, 1.165) is 27.5 Å². The molecule has 0 aliphatic heterocycles. The highest BCUT2D eigenvalue weighted by atomic mass is 32.3. The Morgan fingerprint density at radius 1 is 0.784 bits per heavy atom. The lowest BCUT2D eigenvalue weighted by Crippen LogP contribution is -2.43. The van der Waals surface area contributed by atoms with E-state index < -0.39 is 38.2 Å². The first-order chi connectivity index (χ1) is 16.5. The Morgan fingerprint density at radius 2 is 1.24 bits per heavy atom. The Hall–Kier alpha value is -0.795. The average molecular weight is 595 g/mol. The standard InChI is InChI=1S/C12H22BNO4S2.C12H21NO2S2/c1-8(2)6-9-7-10(13(15)16)11(19-9)20(17,18)14-12(3,4)5;1-9(2)8-10-6-7-11(16-10)17(14,15)13-12(3,4)5/h7-8,14-16H,6H2,1-5H3;6-7,9,13H,8H2,1-5H3. The van der Waals surface area contributed by atoms with Crippen LogP contribution in [0, 0.1) is 11.8 Å². The molecule has 0 saturated carbocycles. The summed E-state index contributed by atoms with van der Waals surface area (Å²) in [7, 11) is -8.92. The molecule has 2 aromatic heterocycles. The fraction of sp³-hybridized carbons (Fsp3) is 0.667. The molecule has 4 N–H and O–H groups in total. The van der Waals surface area contributed by atoms with Crippen molar-refractivity contribution in [3.05, 3.63) is 28.0 Å². The molecule has 212 valence electrons. The molecule has 0 aromatic carbocycles. The summed E-state index contributed by atoms with van der Waals surface area (Å²) in [5.41, 5.74) is -1.03. The first-order valence-electron chi connectivity index (χ1n) is 12.2. The first-order valence-corrected chi connectivity index (χ1v) is 16.8. The summed E-state index contributed by atoms with van der Waals surface area (Å²) in [5.74, 6) is 0.906. The lowest BCUT2D eigenvalue weighted by Gasteiger charge is -2.20. The van der Waals surface area contributed by atoms with Gasteiger partial charge in [0.05, 0.1) is 0 Å². The van der Waals surface area contributed by atoms with Crippen LogP contribution in [0.15, 0.2) is 26.6 Å². The van der Waals surface area contributed by atoms with Gasteiger partial charge in [-0.15, -0.1) is 22.7 Å². The number of nitrogens with one attached hydrogen (secondary N) is 2. The van der Waals surface area contributed by atoms with Crippen LogP contribution in [0.2, 0.25) is 0 Å². The molecule has 0 unspecified atom stereocenters. The normalized spacial score (nSPS) is 13.1. The molecule has 0 spiro atoms. The number of thiophene rings is 2. The zero-order valence-electron chi connectivity index (χ0n) is 23.5. The quantitative estimate of drug-likeness (QED) is 0.327. The third kappa shape index (κ3) is 12.3. The summed E-state index contributed by atoms with van der Waals surface area (Å²) in [5, 5.41) is 18.8. The molecule has 0 atom stereocenters. The molecule has 8 nitrogen and oxygen atoms in total. The minimum atomic E-state index is -3.76. The predicted molar refractivity (Wildman–Crippen MR) is 156 cm³/mol. The second kappa shape index (κ2) is 13.0. The van der Waals surface area contributed by atoms with Gasteiger partial charge in [-0.05, 0) is 84.4 Å². The molecule has 2 heterocycles. The maximum atomic E-state index is 12.3. The summed E-state index contributed by atoms with van der Waals surface area (Å²) >= 11 is 2.45. The van der Waals surface area contributed by atoms with Gasteiger partial charge >= 0.3 is 7.12 Å². The van der Waals surface area contributed by atoms with Crippen molar-refractivity contribution in [1.29, 1.82) is 0 Å². The highest BCUT2D eigenvalue weighted by Crippen LogP contribution is 2.25. The van der Waals surface area contributed by atoms with E-state index in [9.17, 15) is 26.9 Å². The first kappa shape index (κ1) is 34.2. The lowest BCUT2D eigenvalue weighted by molar-refractivity contribution is 0.424. The van der Waals surface area contributed by atoms with Crippen LogP contribution in [-0.4, -0.2) is 45.1 Å². The minimum absolute atomic E-state index is 0.0157. The molecule has 0 aliphatic rings. The molecule has 0 aliphatic carbocycles. The SMILES string of the molecule is CC(C)Cc1cc(B(O)O)c(S(=O)(=O)NC(C)(C)C)s1.CC(C)Cc1ccc(S(=O)(=O)NC(C)(C)C)s1. The minimum Gasteiger partial charge on any atom is -0.423 e. The molecule has 0 bridgehead atoms. The van der Waals surface area contributed by atoms with Gasteiger partial charge in [0.15, 0.2) is 0 Å². The second-order valence-corrected chi connectivity index (χ2v) is 18.0. The monoisotopic (exact) mass is 594 g/mol. The fourth-order valence-electron chi connectivity index (χ4n) is 3.25. The van der Waals surface area contributed by atoms with Gasteiger partial charge in [-0.1, -0.05) is 27.7 Å². The van der Waals surface area contributed by atoms with Crippen molar-refractivity contribution in [2.75, 3.05) is 0 Å². The fourth-order valence-corrected chi connectivity index (χ4v) is 9.62. The molecule has 37 heavy (non-hydrogen) atoms. The van der Waals surface area contributed by atoms with Crippen LogP contribution in [0.5, 0.6) is 0 Å². The van der Waals surface area contributed by atoms with Crippen molar-refractivity contribution in [3.8, 4) is 0 Å². The highest BCUT2D eigenvalue weighted by Gasteiger charge is 2.31. The maximum Gasteiger partial charge on any atom is 0.490 e. The largest absolute Gasteiger partial charge is 0.490 e. The van der Waals surface area contributed by atoms with Crippen LogP contribution >= 0.6 is 22.7 Å². The number of sulfonamides is 2. The molecule has 2 rings (SSSR count). The summed E-state index contributed by atoms with van der Waals surface area (Å²) in [4.78, 5) is 1.95. The summed E-state index contributed by atoms with van der Waals surface area (Å²) in [6, 6.07) is 5.16. The molecule has 2 aromatic rings. The van der Waals surface area contributed by atoms with Crippen LogP contribution in [0.1, 0.15) is 79.0 Å². The zero-order chi connectivity index (χ0) is 29.0. The molecule has 13 heteroatoms. The molecule has 0 amide bonds. The third-order valence-corrected chi connectivity index (χ3v) is 11.1. The van der Waals surface area contributed by atoms with Crippen molar-refractivity contribution in [1.82, 2.24) is 9.44 Å². The van der Waals surface area contributed by atoms with E-state index >= 15 is 0 Å². The Kier molecular flexibility index (Phi) is 12.1. The number of hydrogen-bond donors (Lipinski definition) is 4. The van der Waals surface area contributed by atoms with Gasteiger partial charge in [0.1, 0.15) is 8.42 Å². The van der Waals surface area contributed by atoms with Gasteiger partial charge in [0.25, 0.3) is 10.0 Å². The zero-order valence-corrected chi connectivity index (χ0v) is 26.8. The second-order valence-electron chi connectivity index (χ2n) is 12.0. The third-order valence-electron chi connectivity index (χ3n) is 4.30. The van der Waals surface area contributed by atoms with Crippen molar-refractivity contribution < 1.29 is 26.9 Å². The van der Waals surface area contributed by atoms with Gasteiger partial charge in [0, 0.05) is 26.3 Å². The molecular formula is C24H43BN2O6S4. The highest BCUT2D eigenvalue weighted by molar-refractivity contribution is 7.92. The van der Waals surface area contributed by atoms with E-state index in [1.807, 2.05) is 40.7 Å². The van der Waals surface area contributed by atoms with Crippen LogP contribution in [-0.2, 0) is 32.9 Å². The van der Waals surface area contributed by atoms with Crippen molar-refractivity contribution in [2.45, 2.75) is 102 Å². The number of hydrogen-bond acceptors (Lipinski definition) is 8. The van der Waals surface area contributed by atoms with E-state index in [1.165, 1.54) is 11.3 Å². The predicted octanol–water partition coefficient (Wildman–Crippen LogP) is 3.73. The smallest absolute Gasteiger partial charge is 0.423 e. The lowest BCUT2D eigenvalue weighted by atomic mass is 9.82. The van der Waals surface area contributed by atoms with Crippen molar-refractivity contribution in [3.63, 3.8) is 0 Å². The van der Waals surface area contributed by atoms with E-state index in [-0.39, 0.29) is 9.67 Å². The topological polar surface area (TPSA) is 133 Å². The Balaban J connectivity index is 0.000000375. The summed E-state index contributed by atoms with van der Waals surface area (Å²) in [6.45, 7) is 19.0. The van der Waals surface area contributed by atoms with Crippen LogP contribution < -0.4 is 14.9 Å². The van der Waals surface area contributed by atoms with Crippen LogP contribution in [0.4, 0.5) is 0 Å². The Bertz CT molecular complexity index is 1220. The van der Waals surface area contributed by atoms with Gasteiger partial charge in [0.2, 0.25) is 10.0 Å². The van der Waals surface area contributed by atoms with Gasteiger partial charge < -0.3 is 10.0 Å². The average Bonchev–Trinajstić information content (AvgIpc) is 3.25. The molecule has 0 radical (unpaired) electrons. The maximum absolute atomic E-state index is 12.3. The number of rotatable bonds is 9.